The third-order valence-electron chi connectivity index (χ3n) is 5.53. The predicted molar refractivity (Wildman–Crippen MR) is 149 cm³/mol. The molecule has 3 aromatic carbocycles. The molecule has 0 fully saturated rings. The van der Waals surface area contributed by atoms with Gasteiger partial charge in [-0.25, -0.2) is 9.59 Å². The van der Waals surface area contributed by atoms with Crippen LogP contribution in [0.15, 0.2) is 66.7 Å². The van der Waals surface area contributed by atoms with Crippen LogP contribution in [0, 0.1) is 0 Å². The zero-order valence-corrected chi connectivity index (χ0v) is 22.5. The molecule has 3 N–H and O–H groups in total. The molecule has 1 heterocycles. The van der Waals surface area contributed by atoms with E-state index in [1.807, 2.05) is 0 Å². The summed E-state index contributed by atoms with van der Waals surface area (Å²) < 4.78 is 11.9. The van der Waals surface area contributed by atoms with Gasteiger partial charge in [0.1, 0.15) is 5.15 Å². The van der Waals surface area contributed by atoms with Gasteiger partial charge in [-0.05, 0) is 42.8 Å². The van der Waals surface area contributed by atoms with Gasteiger partial charge in [0.15, 0.2) is 17.2 Å². The zero-order valence-electron chi connectivity index (χ0n) is 20.2. The van der Waals surface area contributed by atoms with Gasteiger partial charge in [-0.2, -0.15) is 0 Å². The summed E-state index contributed by atoms with van der Waals surface area (Å²) in [4.78, 5) is 25.7. The molecule has 0 radical (unpaired) electrons. The minimum absolute atomic E-state index is 0.00470. The third kappa shape index (κ3) is 5.52. The Morgan fingerprint density at radius 2 is 1.61 bits per heavy atom. The van der Waals surface area contributed by atoms with E-state index in [9.17, 15) is 14.7 Å². The summed E-state index contributed by atoms with van der Waals surface area (Å²) >= 11 is 18.8. The first-order valence-electron chi connectivity index (χ1n) is 11.3. The molecule has 0 saturated carbocycles. The molecule has 0 atom stereocenters. The first-order chi connectivity index (χ1) is 18.2. The second-order valence-electron chi connectivity index (χ2n) is 7.86. The number of phenolic OH excluding ortho intramolecular Hbond substituents is 1. The number of nitrogens with one attached hydrogen (secondary N) is 2. The molecule has 196 valence electrons. The number of anilines is 2. The average Bonchev–Trinajstić information content (AvgIpc) is 3.22. The SMILES string of the molecule is CCOC(=O)c1c(NC(=O)Nc2c(Cl)cccc2Cl)cc(Cl)n1-c1ccc(-c2cccc(OC)c2O)cc1. The Kier molecular flexibility index (Phi) is 8.36. The van der Waals surface area contributed by atoms with Gasteiger partial charge in [0, 0.05) is 17.3 Å². The molecule has 0 aliphatic carbocycles. The average molecular weight is 575 g/mol. The molecule has 38 heavy (non-hydrogen) atoms. The van der Waals surface area contributed by atoms with Crippen LogP contribution in [-0.2, 0) is 4.74 Å². The highest BCUT2D eigenvalue weighted by Crippen LogP contribution is 2.38. The smallest absolute Gasteiger partial charge is 0.357 e. The molecule has 0 spiro atoms. The number of nitrogens with zero attached hydrogens (tertiary/aromatic N) is 1. The number of hydrogen-bond acceptors (Lipinski definition) is 5. The number of phenols is 1. The molecule has 2 amide bonds. The number of ether oxygens (including phenoxy) is 2. The number of urea groups is 1. The molecule has 4 rings (SSSR count). The number of para-hydroxylation sites is 2. The summed E-state index contributed by atoms with van der Waals surface area (Å²) in [6.45, 7) is 1.78. The molecule has 8 nitrogen and oxygen atoms in total. The fourth-order valence-electron chi connectivity index (χ4n) is 3.82. The van der Waals surface area contributed by atoms with Crippen LogP contribution in [0.25, 0.3) is 16.8 Å². The number of rotatable bonds is 7. The van der Waals surface area contributed by atoms with Gasteiger partial charge >= 0.3 is 12.0 Å². The fourth-order valence-corrected chi connectivity index (χ4v) is 4.61. The molecule has 11 heteroatoms. The number of amides is 2. The van der Waals surface area contributed by atoms with Crippen molar-refractivity contribution in [3.63, 3.8) is 0 Å². The van der Waals surface area contributed by atoms with Crippen LogP contribution in [0.1, 0.15) is 17.4 Å². The molecule has 0 bridgehead atoms. The van der Waals surface area contributed by atoms with Crippen LogP contribution in [0.4, 0.5) is 16.2 Å². The minimum Gasteiger partial charge on any atom is -0.504 e. The van der Waals surface area contributed by atoms with Gasteiger partial charge in [-0.15, -0.1) is 0 Å². The highest BCUT2D eigenvalue weighted by molar-refractivity contribution is 6.40. The monoisotopic (exact) mass is 573 g/mol. The second kappa shape index (κ2) is 11.7. The van der Waals surface area contributed by atoms with Crippen LogP contribution in [0.5, 0.6) is 11.5 Å². The maximum Gasteiger partial charge on any atom is 0.357 e. The normalized spacial score (nSPS) is 10.7. The number of halogens is 3. The van der Waals surface area contributed by atoms with Crippen molar-refractivity contribution in [3.05, 3.63) is 87.6 Å². The van der Waals surface area contributed by atoms with Gasteiger partial charge in [-0.3, -0.25) is 4.57 Å². The molecular weight excluding hydrogens is 553 g/mol. The minimum atomic E-state index is -0.694. The van der Waals surface area contributed by atoms with Crippen LogP contribution in [0.2, 0.25) is 15.2 Å². The van der Waals surface area contributed by atoms with E-state index >= 15 is 0 Å². The standard InChI is InChI=1S/C27H22Cl3N3O5/c1-3-38-26(35)24-20(31-27(36)32-23-18(28)7-5-8-19(23)29)14-22(30)33(24)16-12-10-15(11-13-16)17-6-4-9-21(37-2)25(17)34/h4-14,34H,3H2,1-2H3,(H2,31,32,36). The van der Waals surface area contributed by atoms with E-state index in [0.717, 1.165) is 0 Å². The van der Waals surface area contributed by atoms with E-state index in [2.05, 4.69) is 10.6 Å². The lowest BCUT2D eigenvalue weighted by Gasteiger charge is -2.14. The van der Waals surface area contributed by atoms with E-state index in [4.69, 9.17) is 44.3 Å². The summed E-state index contributed by atoms with van der Waals surface area (Å²) in [5.74, 6) is -0.346. The number of carbonyl (C=O) groups is 2. The molecule has 0 aliphatic rings. The first-order valence-corrected chi connectivity index (χ1v) is 12.5. The Labute approximate surface area is 233 Å². The molecule has 0 saturated heterocycles. The lowest BCUT2D eigenvalue weighted by atomic mass is 10.0. The Balaban J connectivity index is 1.69. The number of aromatic hydroxyl groups is 1. The second-order valence-corrected chi connectivity index (χ2v) is 9.07. The van der Waals surface area contributed by atoms with E-state index in [0.29, 0.717) is 22.6 Å². The van der Waals surface area contributed by atoms with Gasteiger partial charge in [-0.1, -0.05) is 65.1 Å². The van der Waals surface area contributed by atoms with Gasteiger partial charge < -0.3 is 25.2 Å². The third-order valence-corrected chi connectivity index (χ3v) is 6.44. The summed E-state index contributed by atoms with van der Waals surface area (Å²) in [5, 5.41) is 16.3. The maximum absolute atomic E-state index is 13.0. The van der Waals surface area contributed by atoms with Crippen LogP contribution < -0.4 is 15.4 Å². The van der Waals surface area contributed by atoms with Crippen molar-refractivity contribution < 1.29 is 24.2 Å². The van der Waals surface area contributed by atoms with Crippen molar-refractivity contribution in [2.45, 2.75) is 6.92 Å². The number of aromatic nitrogens is 1. The van der Waals surface area contributed by atoms with Crippen LogP contribution >= 0.6 is 34.8 Å². The highest BCUT2D eigenvalue weighted by atomic mass is 35.5. The fraction of sp³-hybridized carbons (Fsp3) is 0.111. The first kappa shape index (κ1) is 27.2. The Morgan fingerprint density at radius 1 is 0.947 bits per heavy atom. The molecule has 1 aromatic heterocycles. The zero-order chi connectivity index (χ0) is 27.4. The Morgan fingerprint density at radius 3 is 2.24 bits per heavy atom. The Hall–Kier alpha value is -3.85. The molecule has 0 aliphatic heterocycles. The van der Waals surface area contributed by atoms with Gasteiger partial charge in [0.2, 0.25) is 0 Å². The number of benzene rings is 3. The van der Waals surface area contributed by atoms with E-state index in [1.165, 1.54) is 17.7 Å². The van der Waals surface area contributed by atoms with Crippen molar-refractivity contribution >= 4 is 58.2 Å². The Bertz CT molecular complexity index is 1480. The van der Waals surface area contributed by atoms with E-state index < -0.39 is 12.0 Å². The lowest BCUT2D eigenvalue weighted by molar-refractivity contribution is 0.0518. The lowest BCUT2D eigenvalue weighted by Crippen LogP contribution is -2.22. The van der Waals surface area contributed by atoms with Crippen molar-refractivity contribution in [1.29, 1.82) is 0 Å². The summed E-state index contributed by atoms with van der Waals surface area (Å²) in [6.07, 6.45) is 0. The van der Waals surface area contributed by atoms with Crippen molar-refractivity contribution in [2.75, 3.05) is 24.4 Å². The van der Waals surface area contributed by atoms with Crippen molar-refractivity contribution in [2.24, 2.45) is 0 Å². The van der Waals surface area contributed by atoms with Gasteiger partial charge in [0.05, 0.1) is 35.1 Å². The number of esters is 1. The number of carbonyl (C=O) groups excluding carboxylic acids is 2. The molecule has 0 unspecified atom stereocenters. The number of methoxy groups -OCH3 is 1. The predicted octanol–water partition coefficient (Wildman–Crippen LogP) is 7.64. The maximum atomic E-state index is 13.0. The largest absolute Gasteiger partial charge is 0.504 e. The molecule has 4 aromatic rings. The van der Waals surface area contributed by atoms with Crippen molar-refractivity contribution in [1.82, 2.24) is 4.57 Å². The highest BCUT2D eigenvalue weighted by Gasteiger charge is 2.25. The van der Waals surface area contributed by atoms with E-state index in [1.54, 1.807) is 67.6 Å². The summed E-state index contributed by atoms with van der Waals surface area (Å²) in [5.41, 5.74) is 2.13. The topological polar surface area (TPSA) is 102 Å². The quantitative estimate of drug-likeness (QED) is 0.197. The van der Waals surface area contributed by atoms with Crippen LogP contribution in [-0.4, -0.2) is 35.4 Å². The van der Waals surface area contributed by atoms with Crippen molar-refractivity contribution in [3.8, 4) is 28.3 Å². The summed E-state index contributed by atoms with van der Waals surface area (Å²) in [6, 6.07) is 17.7. The van der Waals surface area contributed by atoms with Crippen LogP contribution in [0.3, 0.4) is 0 Å². The van der Waals surface area contributed by atoms with Gasteiger partial charge in [0.25, 0.3) is 0 Å². The number of hydrogen-bond donors (Lipinski definition) is 3. The summed E-state index contributed by atoms with van der Waals surface area (Å²) in [7, 11) is 1.47. The molecular formula is C27H22Cl3N3O5. The van der Waals surface area contributed by atoms with E-state index in [-0.39, 0.29) is 44.6 Å².